The van der Waals surface area contributed by atoms with Crippen LogP contribution in [0, 0.1) is 0 Å². The van der Waals surface area contributed by atoms with Crippen molar-refractivity contribution in [2.45, 2.75) is 45.3 Å². The van der Waals surface area contributed by atoms with Gasteiger partial charge in [-0.15, -0.1) is 0 Å². The summed E-state index contributed by atoms with van der Waals surface area (Å²) in [5, 5.41) is 3.42. The largest absolute Gasteiger partial charge is 0.376 e. The monoisotopic (exact) mass is 299 g/mol. The van der Waals surface area contributed by atoms with E-state index in [1.807, 2.05) is 6.07 Å². The maximum atomic E-state index is 5.53. The van der Waals surface area contributed by atoms with Gasteiger partial charge in [-0.2, -0.15) is 0 Å². The molecule has 0 radical (unpaired) electrons. The zero-order valence-electron chi connectivity index (χ0n) is 10.4. The molecule has 1 aliphatic rings. The third-order valence-corrected chi connectivity index (χ3v) is 3.34. The second-order valence-electron chi connectivity index (χ2n) is 4.70. The van der Waals surface area contributed by atoms with Crippen LogP contribution in [0.15, 0.2) is 10.7 Å². The average Bonchev–Trinajstić information content (AvgIpc) is 2.63. The Balaban J connectivity index is 2.15. The fourth-order valence-corrected chi connectivity index (χ4v) is 2.28. The molecule has 1 fully saturated rings. The summed E-state index contributed by atoms with van der Waals surface area (Å²) in [4.78, 5) is 8.88. The molecule has 1 saturated heterocycles. The molecule has 0 bridgehead atoms. The Morgan fingerprint density at radius 1 is 1.47 bits per heavy atom. The van der Waals surface area contributed by atoms with E-state index in [4.69, 9.17) is 4.74 Å². The molecule has 0 aromatic carbocycles. The Bertz CT molecular complexity index is 397. The number of nitrogens with zero attached hydrogens (tertiary/aromatic N) is 2. The maximum Gasteiger partial charge on any atom is 0.134 e. The highest BCUT2D eigenvalue weighted by Gasteiger charge is 2.24. The minimum Gasteiger partial charge on any atom is -0.376 e. The van der Waals surface area contributed by atoms with Gasteiger partial charge in [-0.05, 0) is 29.3 Å². The van der Waals surface area contributed by atoms with Gasteiger partial charge >= 0.3 is 0 Å². The van der Waals surface area contributed by atoms with Gasteiger partial charge in [-0.3, -0.25) is 0 Å². The summed E-state index contributed by atoms with van der Waals surface area (Å²) < 4.78 is 6.35. The average molecular weight is 300 g/mol. The molecular formula is C12H18BrN3O. The SMILES string of the molecule is CC(C)c1nc(Br)cc(NC2CCOC2C)n1. The van der Waals surface area contributed by atoms with Gasteiger partial charge in [0.05, 0.1) is 12.1 Å². The number of rotatable bonds is 3. The van der Waals surface area contributed by atoms with E-state index in [-0.39, 0.29) is 6.10 Å². The van der Waals surface area contributed by atoms with E-state index in [0.29, 0.717) is 12.0 Å². The number of hydrogen-bond donors (Lipinski definition) is 1. The summed E-state index contributed by atoms with van der Waals surface area (Å²) >= 11 is 3.42. The van der Waals surface area contributed by atoms with Crippen LogP contribution in [-0.2, 0) is 4.74 Å². The molecule has 0 amide bonds. The van der Waals surface area contributed by atoms with Gasteiger partial charge in [0, 0.05) is 18.6 Å². The summed E-state index contributed by atoms with van der Waals surface area (Å²) in [6.07, 6.45) is 1.27. The van der Waals surface area contributed by atoms with Crippen LogP contribution in [0.3, 0.4) is 0 Å². The normalized spacial score (nSPS) is 24.3. The van der Waals surface area contributed by atoms with E-state index in [1.54, 1.807) is 0 Å². The van der Waals surface area contributed by atoms with Crippen molar-refractivity contribution < 1.29 is 4.74 Å². The molecule has 0 aliphatic carbocycles. The van der Waals surface area contributed by atoms with Gasteiger partial charge in [0.15, 0.2) is 0 Å². The second kappa shape index (κ2) is 5.31. The summed E-state index contributed by atoms with van der Waals surface area (Å²) in [7, 11) is 0. The van der Waals surface area contributed by atoms with Crippen molar-refractivity contribution in [2.24, 2.45) is 0 Å². The lowest BCUT2D eigenvalue weighted by molar-refractivity contribution is 0.121. The first-order valence-corrected chi connectivity index (χ1v) is 6.78. The topological polar surface area (TPSA) is 47.0 Å². The van der Waals surface area contributed by atoms with Crippen molar-refractivity contribution in [3.8, 4) is 0 Å². The number of halogens is 1. The number of nitrogens with one attached hydrogen (secondary N) is 1. The molecule has 0 spiro atoms. The third kappa shape index (κ3) is 3.16. The molecule has 2 atom stereocenters. The highest BCUT2D eigenvalue weighted by molar-refractivity contribution is 9.10. The third-order valence-electron chi connectivity index (χ3n) is 2.94. The van der Waals surface area contributed by atoms with Crippen LogP contribution in [0.5, 0.6) is 0 Å². The van der Waals surface area contributed by atoms with Crippen molar-refractivity contribution in [1.29, 1.82) is 0 Å². The zero-order valence-corrected chi connectivity index (χ0v) is 12.0. The standard InChI is InChI=1S/C12H18BrN3O/c1-7(2)12-15-10(13)6-11(16-12)14-9-4-5-17-8(9)3/h6-9H,4-5H2,1-3H3,(H,14,15,16). The fraction of sp³-hybridized carbons (Fsp3) is 0.667. The van der Waals surface area contributed by atoms with Crippen molar-refractivity contribution in [1.82, 2.24) is 9.97 Å². The van der Waals surface area contributed by atoms with E-state index in [2.05, 4.69) is 52.0 Å². The van der Waals surface area contributed by atoms with Crippen LogP contribution in [0.1, 0.15) is 38.9 Å². The van der Waals surface area contributed by atoms with Crippen molar-refractivity contribution in [2.75, 3.05) is 11.9 Å². The van der Waals surface area contributed by atoms with Gasteiger partial charge in [0.25, 0.3) is 0 Å². The Morgan fingerprint density at radius 2 is 2.24 bits per heavy atom. The van der Waals surface area contributed by atoms with E-state index in [0.717, 1.165) is 29.3 Å². The molecule has 1 N–H and O–H groups in total. The first-order valence-electron chi connectivity index (χ1n) is 5.99. The number of ether oxygens (including phenoxy) is 1. The first-order chi connectivity index (χ1) is 8.06. The molecule has 1 aliphatic heterocycles. The van der Waals surface area contributed by atoms with Crippen molar-refractivity contribution >= 4 is 21.7 Å². The molecule has 2 heterocycles. The summed E-state index contributed by atoms with van der Waals surface area (Å²) in [6, 6.07) is 2.26. The molecule has 2 rings (SSSR count). The molecule has 5 heteroatoms. The molecule has 4 nitrogen and oxygen atoms in total. The minimum absolute atomic E-state index is 0.242. The van der Waals surface area contributed by atoms with Gasteiger partial charge in [0.1, 0.15) is 16.2 Å². The van der Waals surface area contributed by atoms with E-state index in [9.17, 15) is 0 Å². The molecule has 1 aromatic rings. The van der Waals surface area contributed by atoms with Crippen LogP contribution in [0.2, 0.25) is 0 Å². The van der Waals surface area contributed by atoms with Gasteiger partial charge in [0.2, 0.25) is 0 Å². The van der Waals surface area contributed by atoms with Crippen LogP contribution in [0.25, 0.3) is 0 Å². The molecule has 2 unspecified atom stereocenters. The summed E-state index contributed by atoms with van der Waals surface area (Å²) in [5.74, 6) is 2.05. The second-order valence-corrected chi connectivity index (χ2v) is 5.52. The highest BCUT2D eigenvalue weighted by atomic mass is 79.9. The lowest BCUT2D eigenvalue weighted by Crippen LogP contribution is -2.27. The molecule has 1 aromatic heterocycles. The molecule has 17 heavy (non-hydrogen) atoms. The summed E-state index contributed by atoms with van der Waals surface area (Å²) in [5.41, 5.74) is 0. The Hall–Kier alpha value is -0.680. The van der Waals surface area contributed by atoms with Gasteiger partial charge < -0.3 is 10.1 Å². The fourth-order valence-electron chi connectivity index (χ4n) is 1.88. The predicted molar refractivity (Wildman–Crippen MR) is 71.3 cm³/mol. The maximum absolute atomic E-state index is 5.53. The van der Waals surface area contributed by atoms with E-state index >= 15 is 0 Å². The minimum atomic E-state index is 0.242. The Morgan fingerprint density at radius 3 is 2.82 bits per heavy atom. The molecule has 0 saturated carbocycles. The van der Waals surface area contributed by atoms with Crippen LogP contribution in [0.4, 0.5) is 5.82 Å². The van der Waals surface area contributed by atoms with Gasteiger partial charge in [-0.1, -0.05) is 13.8 Å². The summed E-state index contributed by atoms with van der Waals surface area (Å²) in [6.45, 7) is 7.09. The van der Waals surface area contributed by atoms with Gasteiger partial charge in [-0.25, -0.2) is 9.97 Å². The highest BCUT2D eigenvalue weighted by Crippen LogP contribution is 2.21. The lowest BCUT2D eigenvalue weighted by Gasteiger charge is -2.17. The number of hydrogen-bond acceptors (Lipinski definition) is 4. The molecule has 94 valence electrons. The number of aromatic nitrogens is 2. The Kier molecular flexibility index (Phi) is 3.99. The zero-order chi connectivity index (χ0) is 12.4. The first kappa shape index (κ1) is 12.8. The van der Waals surface area contributed by atoms with Crippen LogP contribution < -0.4 is 5.32 Å². The number of anilines is 1. The Labute approximate surface area is 110 Å². The van der Waals surface area contributed by atoms with Crippen molar-refractivity contribution in [3.63, 3.8) is 0 Å². The van der Waals surface area contributed by atoms with Crippen molar-refractivity contribution in [3.05, 3.63) is 16.5 Å². The lowest BCUT2D eigenvalue weighted by atomic mass is 10.1. The quantitative estimate of drug-likeness (QED) is 0.872. The molecular weight excluding hydrogens is 282 g/mol. The smallest absolute Gasteiger partial charge is 0.134 e. The van der Waals surface area contributed by atoms with E-state index in [1.165, 1.54) is 0 Å². The van der Waals surface area contributed by atoms with E-state index < -0.39 is 0 Å². The predicted octanol–water partition coefficient (Wildman–Crippen LogP) is 2.95. The van der Waals surface area contributed by atoms with Crippen LogP contribution in [-0.4, -0.2) is 28.7 Å². The van der Waals surface area contributed by atoms with Crippen LogP contribution >= 0.6 is 15.9 Å².